The number of nitrogens with one attached hydrogen (secondary N) is 3. The van der Waals surface area contributed by atoms with Gasteiger partial charge in [0.1, 0.15) is 23.4 Å². The maximum atomic E-state index is 13.3. The van der Waals surface area contributed by atoms with Crippen LogP contribution in [-0.2, 0) is 9.59 Å². The zero-order valence-electron chi connectivity index (χ0n) is 24.6. The van der Waals surface area contributed by atoms with Crippen LogP contribution in [0.5, 0.6) is 0 Å². The Morgan fingerprint density at radius 3 is 2.57 bits per heavy atom. The SMILES string of the molecule is O=C1CCC(n2nnc3ccc(N4CCC(CN5CCC(CCNc6ncnc7[nH]cnc67)CC5)CC4)cc3c2=O)C(=O)N1. The van der Waals surface area contributed by atoms with E-state index in [0.29, 0.717) is 22.7 Å². The first-order chi connectivity index (χ1) is 21.5. The number of fused-ring (bicyclic) bond motifs is 2. The molecule has 0 spiro atoms. The van der Waals surface area contributed by atoms with Crippen molar-refractivity contribution in [2.45, 2.75) is 51.0 Å². The Morgan fingerprint density at radius 1 is 0.932 bits per heavy atom. The number of imidazole rings is 1. The molecular formula is C30H37N11O3. The summed E-state index contributed by atoms with van der Waals surface area (Å²) in [5.74, 6) is 1.33. The van der Waals surface area contributed by atoms with Gasteiger partial charge >= 0.3 is 0 Å². The van der Waals surface area contributed by atoms with Gasteiger partial charge in [0, 0.05) is 38.3 Å². The van der Waals surface area contributed by atoms with Gasteiger partial charge < -0.3 is 20.1 Å². The number of aromatic nitrogens is 7. The second-order valence-electron chi connectivity index (χ2n) is 12.2. The summed E-state index contributed by atoms with van der Waals surface area (Å²) in [7, 11) is 0. The number of H-pyrrole nitrogens is 1. The van der Waals surface area contributed by atoms with E-state index in [1.54, 1.807) is 12.7 Å². The average Bonchev–Trinajstić information content (AvgIpc) is 3.53. The average molecular weight is 600 g/mol. The number of rotatable bonds is 8. The molecule has 0 aliphatic carbocycles. The maximum Gasteiger partial charge on any atom is 0.278 e. The number of anilines is 2. The van der Waals surface area contributed by atoms with Crippen molar-refractivity contribution in [1.82, 2.24) is 45.1 Å². The summed E-state index contributed by atoms with van der Waals surface area (Å²) in [5.41, 5.74) is 2.67. The summed E-state index contributed by atoms with van der Waals surface area (Å²) in [4.78, 5) is 58.0. The van der Waals surface area contributed by atoms with Crippen LogP contribution in [0.3, 0.4) is 0 Å². The third-order valence-electron chi connectivity index (χ3n) is 9.44. The summed E-state index contributed by atoms with van der Waals surface area (Å²) in [5, 5.41) is 14.4. The number of nitrogens with zero attached hydrogens (tertiary/aromatic N) is 8. The van der Waals surface area contributed by atoms with Crippen LogP contribution >= 0.6 is 0 Å². The smallest absolute Gasteiger partial charge is 0.278 e. The van der Waals surface area contributed by atoms with Crippen molar-refractivity contribution in [2.24, 2.45) is 11.8 Å². The molecule has 1 atom stereocenters. The first kappa shape index (κ1) is 28.3. The van der Waals surface area contributed by atoms with Gasteiger partial charge in [-0.1, -0.05) is 5.21 Å². The van der Waals surface area contributed by atoms with E-state index >= 15 is 0 Å². The molecule has 3 fully saturated rings. The van der Waals surface area contributed by atoms with Gasteiger partial charge in [-0.25, -0.2) is 15.0 Å². The lowest BCUT2D eigenvalue weighted by Gasteiger charge is -2.38. The summed E-state index contributed by atoms with van der Waals surface area (Å²) in [6, 6.07) is 4.87. The Balaban J connectivity index is 0.886. The van der Waals surface area contributed by atoms with Crippen molar-refractivity contribution in [3.8, 4) is 0 Å². The van der Waals surface area contributed by atoms with Crippen LogP contribution in [0, 0.1) is 11.8 Å². The van der Waals surface area contributed by atoms with E-state index in [-0.39, 0.29) is 24.3 Å². The van der Waals surface area contributed by atoms with Crippen LogP contribution in [0.1, 0.15) is 51.0 Å². The number of benzene rings is 1. The number of carbonyl (C=O) groups excluding carboxylic acids is 2. The fourth-order valence-electron chi connectivity index (χ4n) is 6.84. The molecule has 14 nitrogen and oxygen atoms in total. The lowest BCUT2D eigenvalue weighted by molar-refractivity contribution is -0.136. The highest BCUT2D eigenvalue weighted by atomic mass is 16.2. The van der Waals surface area contributed by atoms with E-state index < -0.39 is 11.9 Å². The number of piperidine rings is 3. The topological polar surface area (TPSA) is 167 Å². The summed E-state index contributed by atoms with van der Waals surface area (Å²) in [6.07, 6.45) is 9.41. The molecule has 3 aliphatic heterocycles. The molecule has 44 heavy (non-hydrogen) atoms. The number of imide groups is 1. The van der Waals surface area contributed by atoms with Gasteiger partial charge in [-0.2, -0.15) is 4.68 Å². The number of aromatic amines is 1. The van der Waals surface area contributed by atoms with E-state index in [1.807, 2.05) is 18.2 Å². The first-order valence-electron chi connectivity index (χ1n) is 15.6. The third kappa shape index (κ3) is 5.85. The maximum absolute atomic E-state index is 13.3. The van der Waals surface area contributed by atoms with Gasteiger partial charge in [0.15, 0.2) is 11.5 Å². The number of carbonyl (C=O) groups is 2. The van der Waals surface area contributed by atoms with Crippen molar-refractivity contribution >= 4 is 45.4 Å². The Hall–Kier alpha value is -4.46. The molecule has 0 radical (unpaired) electrons. The van der Waals surface area contributed by atoms with Gasteiger partial charge in [-0.05, 0) is 81.6 Å². The Labute approximate surface area is 253 Å². The molecule has 3 aromatic heterocycles. The molecular weight excluding hydrogens is 562 g/mol. The van der Waals surface area contributed by atoms with Crippen molar-refractivity contribution in [3.05, 3.63) is 41.2 Å². The molecule has 4 aromatic rings. The molecule has 14 heteroatoms. The van der Waals surface area contributed by atoms with Gasteiger partial charge in [0.05, 0.1) is 11.7 Å². The zero-order valence-corrected chi connectivity index (χ0v) is 24.6. The molecule has 7 rings (SSSR count). The molecule has 3 N–H and O–H groups in total. The minimum absolute atomic E-state index is 0.174. The molecule has 0 bridgehead atoms. The van der Waals surface area contributed by atoms with Gasteiger partial charge in [-0.3, -0.25) is 19.7 Å². The largest absolute Gasteiger partial charge is 0.371 e. The molecule has 230 valence electrons. The summed E-state index contributed by atoms with van der Waals surface area (Å²) >= 11 is 0. The van der Waals surface area contributed by atoms with E-state index in [4.69, 9.17) is 0 Å². The monoisotopic (exact) mass is 599 g/mol. The molecule has 0 saturated carbocycles. The van der Waals surface area contributed by atoms with E-state index in [2.05, 4.69) is 50.7 Å². The van der Waals surface area contributed by atoms with Crippen molar-refractivity contribution in [3.63, 3.8) is 0 Å². The number of hydrogen-bond donors (Lipinski definition) is 3. The van der Waals surface area contributed by atoms with Crippen LogP contribution in [0.4, 0.5) is 11.5 Å². The molecule has 1 unspecified atom stereocenters. The highest BCUT2D eigenvalue weighted by Crippen LogP contribution is 2.28. The Bertz CT molecular complexity index is 1720. The standard InChI is InChI=1S/C30H37N11O3/c42-25-4-3-24(29(43)36-25)41-30(44)22-15-21(1-2-23(22)37-38-41)40-13-8-20(9-14-40)16-39-11-6-19(7-12-39)5-10-31-27-26-28(33-17-32-26)35-18-34-27/h1-2,15,17-20,24H,3-14,16H2,(H,36,42,43)(H2,31,32,33,34,35). The minimum Gasteiger partial charge on any atom is -0.371 e. The molecule has 6 heterocycles. The first-order valence-corrected chi connectivity index (χ1v) is 15.6. The van der Waals surface area contributed by atoms with Crippen LogP contribution < -0.4 is 21.1 Å². The number of likely N-dealkylation sites (tertiary alicyclic amines) is 1. The fraction of sp³-hybridized carbons (Fsp3) is 0.533. The van der Waals surface area contributed by atoms with E-state index in [1.165, 1.54) is 12.8 Å². The number of hydrogen-bond acceptors (Lipinski definition) is 11. The van der Waals surface area contributed by atoms with Crippen molar-refractivity contribution in [2.75, 3.05) is 49.5 Å². The Morgan fingerprint density at radius 2 is 1.75 bits per heavy atom. The molecule has 1 aromatic carbocycles. The lowest BCUT2D eigenvalue weighted by Crippen LogP contribution is -2.45. The second-order valence-corrected chi connectivity index (χ2v) is 12.2. The fourth-order valence-corrected chi connectivity index (χ4v) is 6.84. The second kappa shape index (κ2) is 12.3. The molecule has 3 saturated heterocycles. The molecule has 3 aliphatic rings. The van der Waals surface area contributed by atoms with Crippen LogP contribution in [0.2, 0.25) is 0 Å². The van der Waals surface area contributed by atoms with Gasteiger partial charge in [0.2, 0.25) is 5.91 Å². The van der Waals surface area contributed by atoms with Gasteiger partial charge in [0.25, 0.3) is 11.5 Å². The predicted octanol–water partition coefficient (Wildman–Crippen LogP) is 1.87. The van der Waals surface area contributed by atoms with Crippen molar-refractivity contribution < 1.29 is 9.59 Å². The van der Waals surface area contributed by atoms with Gasteiger partial charge in [-0.15, -0.1) is 5.10 Å². The number of amides is 2. The van der Waals surface area contributed by atoms with Crippen LogP contribution in [-0.4, -0.2) is 90.9 Å². The predicted molar refractivity (Wildman–Crippen MR) is 164 cm³/mol. The Kier molecular flexibility index (Phi) is 7.90. The highest BCUT2D eigenvalue weighted by molar-refractivity contribution is 5.99. The highest BCUT2D eigenvalue weighted by Gasteiger charge is 2.31. The third-order valence-corrected chi connectivity index (χ3v) is 9.44. The summed E-state index contributed by atoms with van der Waals surface area (Å²) in [6.45, 7) is 6.18. The van der Waals surface area contributed by atoms with Crippen LogP contribution in [0.25, 0.3) is 22.1 Å². The zero-order chi connectivity index (χ0) is 30.0. The van der Waals surface area contributed by atoms with Crippen LogP contribution in [0.15, 0.2) is 35.6 Å². The van der Waals surface area contributed by atoms with E-state index in [9.17, 15) is 14.4 Å². The van der Waals surface area contributed by atoms with Crippen molar-refractivity contribution in [1.29, 1.82) is 0 Å². The lowest BCUT2D eigenvalue weighted by atomic mass is 9.91. The quantitative estimate of drug-likeness (QED) is 0.253. The van der Waals surface area contributed by atoms with E-state index in [0.717, 1.165) is 85.9 Å². The summed E-state index contributed by atoms with van der Waals surface area (Å²) < 4.78 is 1.12. The molecule has 2 amide bonds. The minimum atomic E-state index is -0.823. The normalized spacial score (nSPS) is 20.8.